The number of aryl methyl sites for hydroxylation is 1. The third kappa shape index (κ3) is 1.75. The van der Waals surface area contributed by atoms with Gasteiger partial charge in [0.2, 0.25) is 0 Å². The lowest BCUT2D eigenvalue weighted by Gasteiger charge is -2.07. The summed E-state index contributed by atoms with van der Waals surface area (Å²) in [6.45, 7) is 2.04. The van der Waals surface area contributed by atoms with Crippen LogP contribution in [-0.2, 0) is 11.2 Å². The zero-order chi connectivity index (χ0) is 15.3. The second-order valence-corrected chi connectivity index (χ2v) is 5.70. The smallest absolute Gasteiger partial charge is 0.147 e. The van der Waals surface area contributed by atoms with Gasteiger partial charge in [-0.25, -0.2) is 4.39 Å². The summed E-state index contributed by atoms with van der Waals surface area (Å²) in [4.78, 5) is 14.8. The van der Waals surface area contributed by atoms with Crippen molar-refractivity contribution in [2.75, 3.05) is 0 Å². The fraction of sp³-hybridized carbons (Fsp3) is 0.105. The highest BCUT2D eigenvalue weighted by Gasteiger charge is 2.25. The number of hydrogen-bond donors (Lipinski definition) is 1. The van der Waals surface area contributed by atoms with Gasteiger partial charge in [0.05, 0.1) is 0 Å². The number of allylic oxidation sites excluding steroid dienone is 1. The number of aromatic nitrogens is 1. The minimum Gasteiger partial charge on any atom is -0.361 e. The van der Waals surface area contributed by atoms with Gasteiger partial charge in [0, 0.05) is 34.7 Å². The van der Waals surface area contributed by atoms with Crippen molar-refractivity contribution in [1.82, 2.24) is 4.98 Å². The number of benzene rings is 2. The number of halogens is 1. The summed E-state index contributed by atoms with van der Waals surface area (Å²) in [5.74, 6) is -0.278. The first-order valence-electron chi connectivity index (χ1n) is 7.23. The normalized spacial score (nSPS) is 13.7. The van der Waals surface area contributed by atoms with E-state index in [1.807, 2.05) is 31.3 Å². The molecule has 4 rings (SSSR count). The molecule has 2 aromatic carbocycles. The van der Waals surface area contributed by atoms with E-state index in [4.69, 9.17) is 0 Å². The lowest BCUT2D eigenvalue weighted by atomic mass is 9.95. The van der Waals surface area contributed by atoms with Gasteiger partial charge in [0.1, 0.15) is 12.1 Å². The van der Waals surface area contributed by atoms with Gasteiger partial charge in [0.15, 0.2) is 0 Å². The maximum atomic E-state index is 13.7. The van der Waals surface area contributed by atoms with Crippen LogP contribution in [0.4, 0.5) is 4.39 Å². The van der Waals surface area contributed by atoms with Crippen LogP contribution in [-0.4, -0.2) is 11.3 Å². The molecule has 0 unspecified atom stereocenters. The van der Waals surface area contributed by atoms with Crippen molar-refractivity contribution < 1.29 is 9.18 Å². The Bertz CT molecular complexity index is 949. The third-order valence-corrected chi connectivity index (χ3v) is 4.37. The molecule has 0 radical (unpaired) electrons. The Hall–Kier alpha value is -2.68. The van der Waals surface area contributed by atoms with Gasteiger partial charge in [-0.05, 0) is 47.4 Å². The number of nitrogens with one attached hydrogen (secondary N) is 1. The summed E-state index contributed by atoms with van der Waals surface area (Å²) in [5.41, 5.74) is 6.52. The van der Waals surface area contributed by atoms with Crippen molar-refractivity contribution in [3.8, 4) is 0 Å². The van der Waals surface area contributed by atoms with E-state index in [-0.39, 0.29) is 5.82 Å². The van der Waals surface area contributed by atoms with Gasteiger partial charge in [0.25, 0.3) is 0 Å². The standard InChI is InChI=1S/C19H14FNO/c1-11-3-2-4-17-18(11)16(9-21-17)19-13(10-22)7-12-5-6-14(20)8-15(12)19/h2-6,8-10,21H,7H2,1H3. The van der Waals surface area contributed by atoms with E-state index in [0.717, 1.165) is 45.0 Å². The van der Waals surface area contributed by atoms with E-state index in [1.165, 1.54) is 12.1 Å². The number of fused-ring (bicyclic) bond motifs is 2. The summed E-state index contributed by atoms with van der Waals surface area (Å²) in [6, 6.07) is 10.8. The van der Waals surface area contributed by atoms with E-state index in [2.05, 4.69) is 4.98 Å². The Morgan fingerprint density at radius 1 is 1.18 bits per heavy atom. The SMILES string of the molecule is Cc1cccc2[nH]cc(C3=C(C=O)Cc4ccc(F)cc43)c12. The van der Waals surface area contributed by atoms with Crippen LogP contribution < -0.4 is 0 Å². The molecule has 0 spiro atoms. The number of carbonyl (C=O) groups is 1. The minimum atomic E-state index is -0.278. The molecule has 0 bridgehead atoms. The molecule has 1 aromatic heterocycles. The maximum Gasteiger partial charge on any atom is 0.147 e. The molecule has 0 atom stereocenters. The molecule has 2 nitrogen and oxygen atoms in total. The quantitative estimate of drug-likeness (QED) is 0.706. The van der Waals surface area contributed by atoms with Crippen molar-refractivity contribution in [2.24, 2.45) is 0 Å². The van der Waals surface area contributed by atoms with Crippen molar-refractivity contribution in [3.05, 3.63) is 76.2 Å². The molecule has 108 valence electrons. The number of hydrogen-bond acceptors (Lipinski definition) is 1. The molecular weight excluding hydrogens is 277 g/mol. The first kappa shape index (κ1) is 13.0. The summed E-state index contributed by atoms with van der Waals surface area (Å²) >= 11 is 0. The molecule has 1 aliphatic rings. The zero-order valence-electron chi connectivity index (χ0n) is 12.1. The van der Waals surface area contributed by atoms with Gasteiger partial charge >= 0.3 is 0 Å². The Morgan fingerprint density at radius 2 is 2.05 bits per heavy atom. The summed E-state index contributed by atoms with van der Waals surface area (Å²) in [6.07, 6.45) is 3.37. The average Bonchev–Trinajstić information content (AvgIpc) is 3.08. The minimum absolute atomic E-state index is 0.278. The fourth-order valence-corrected chi connectivity index (χ4v) is 3.39. The van der Waals surface area contributed by atoms with Crippen LogP contribution in [0.5, 0.6) is 0 Å². The molecule has 22 heavy (non-hydrogen) atoms. The van der Waals surface area contributed by atoms with Crippen LogP contribution >= 0.6 is 0 Å². The van der Waals surface area contributed by atoms with Crippen molar-refractivity contribution in [2.45, 2.75) is 13.3 Å². The molecular formula is C19H14FNO. The molecule has 3 heteroatoms. The highest BCUT2D eigenvalue weighted by Crippen LogP contribution is 2.40. The van der Waals surface area contributed by atoms with Crippen LogP contribution in [0, 0.1) is 12.7 Å². The number of carbonyl (C=O) groups excluding carboxylic acids is 1. The molecule has 1 heterocycles. The third-order valence-electron chi connectivity index (χ3n) is 4.37. The van der Waals surface area contributed by atoms with Gasteiger partial charge < -0.3 is 4.98 Å². The fourth-order valence-electron chi connectivity index (χ4n) is 3.39. The molecule has 0 saturated heterocycles. The molecule has 0 fully saturated rings. The lowest BCUT2D eigenvalue weighted by Crippen LogP contribution is -1.90. The first-order chi connectivity index (χ1) is 10.7. The predicted octanol–water partition coefficient (Wildman–Crippen LogP) is 4.17. The topological polar surface area (TPSA) is 32.9 Å². The monoisotopic (exact) mass is 291 g/mol. The number of aromatic amines is 1. The highest BCUT2D eigenvalue weighted by molar-refractivity contribution is 6.06. The lowest BCUT2D eigenvalue weighted by molar-refractivity contribution is -0.104. The van der Waals surface area contributed by atoms with Crippen LogP contribution in [0.1, 0.15) is 22.3 Å². The number of rotatable bonds is 2. The molecule has 1 N–H and O–H groups in total. The van der Waals surface area contributed by atoms with Crippen LogP contribution in [0.25, 0.3) is 16.5 Å². The Labute approximate surface area is 127 Å². The van der Waals surface area contributed by atoms with Crippen molar-refractivity contribution >= 4 is 22.8 Å². The summed E-state index contributed by atoms with van der Waals surface area (Å²) in [5, 5.41) is 1.09. The Morgan fingerprint density at radius 3 is 2.86 bits per heavy atom. The Balaban J connectivity index is 2.05. The van der Waals surface area contributed by atoms with E-state index in [1.54, 1.807) is 6.07 Å². The molecule has 1 aliphatic carbocycles. The van der Waals surface area contributed by atoms with Crippen LogP contribution in [0.3, 0.4) is 0 Å². The molecule has 0 aliphatic heterocycles. The van der Waals surface area contributed by atoms with Gasteiger partial charge in [-0.1, -0.05) is 18.2 Å². The molecule has 0 saturated carbocycles. The second-order valence-electron chi connectivity index (χ2n) is 5.70. The van der Waals surface area contributed by atoms with Gasteiger partial charge in [-0.15, -0.1) is 0 Å². The number of aldehydes is 1. The van der Waals surface area contributed by atoms with E-state index in [9.17, 15) is 9.18 Å². The number of H-pyrrole nitrogens is 1. The first-order valence-corrected chi connectivity index (χ1v) is 7.23. The predicted molar refractivity (Wildman–Crippen MR) is 85.2 cm³/mol. The van der Waals surface area contributed by atoms with Crippen molar-refractivity contribution in [3.63, 3.8) is 0 Å². The second kappa shape index (κ2) is 4.67. The van der Waals surface area contributed by atoms with Crippen LogP contribution in [0.15, 0.2) is 48.2 Å². The Kier molecular flexibility index (Phi) is 2.76. The maximum absolute atomic E-state index is 13.7. The van der Waals surface area contributed by atoms with E-state index in [0.29, 0.717) is 12.0 Å². The summed E-state index contributed by atoms with van der Waals surface area (Å²) in [7, 11) is 0. The van der Waals surface area contributed by atoms with Crippen LogP contribution in [0.2, 0.25) is 0 Å². The van der Waals surface area contributed by atoms with Gasteiger partial charge in [-0.3, -0.25) is 4.79 Å². The molecule has 0 amide bonds. The van der Waals surface area contributed by atoms with E-state index >= 15 is 0 Å². The summed E-state index contributed by atoms with van der Waals surface area (Å²) < 4.78 is 13.7. The zero-order valence-corrected chi connectivity index (χ0v) is 12.1. The van der Waals surface area contributed by atoms with Gasteiger partial charge in [-0.2, -0.15) is 0 Å². The van der Waals surface area contributed by atoms with E-state index < -0.39 is 0 Å². The largest absolute Gasteiger partial charge is 0.361 e. The highest BCUT2D eigenvalue weighted by atomic mass is 19.1. The molecule has 3 aromatic rings. The average molecular weight is 291 g/mol. The van der Waals surface area contributed by atoms with Crippen molar-refractivity contribution in [1.29, 1.82) is 0 Å².